The molecule has 0 N–H and O–H groups in total. The number of aryl methyl sites for hydroxylation is 2. The van der Waals surface area contributed by atoms with Crippen LogP contribution >= 0.6 is 24.8 Å². The van der Waals surface area contributed by atoms with Crippen molar-refractivity contribution >= 4 is 37.0 Å². The Morgan fingerprint density at radius 2 is 0.842 bits per heavy atom. The van der Waals surface area contributed by atoms with Crippen LogP contribution < -0.4 is 0 Å². The van der Waals surface area contributed by atoms with Gasteiger partial charge in [0, 0.05) is 0 Å². The molecule has 0 bridgehead atoms. The van der Waals surface area contributed by atoms with Gasteiger partial charge in [0.25, 0.3) is 0 Å². The zero-order chi connectivity index (χ0) is 36.9. The van der Waals surface area contributed by atoms with E-state index < -0.39 is 20.0 Å². The zero-order valence-electron chi connectivity index (χ0n) is 34.7. The van der Waals surface area contributed by atoms with Gasteiger partial charge < -0.3 is 0 Å². The second kappa shape index (κ2) is 17.8. The van der Waals surface area contributed by atoms with Gasteiger partial charge in [0.1, 0.15) is 0 Å². The van der Waals surface area contributed by atoms with Crippen molar-refractivity contribution in [3.05, 3.63) is 129 Å². The summed E-state index contributed by atoms with van der Waals surface area (Å²) in [7, 11) is 0. The quantitative estimate of drug-likeness (QED) is 0.139. The summed E-state index contributed by atoms with van der Waals surface area (Å²) in [6.45, 7) is 4.60. The SMILES string of the molecule is CCCc1ccc(-c2cccc3c2C=C(C2CCCCC2)[CH]3[Hf]2([CH]3C(C4CCCCC4)=Cc4c(-c5ccc(CCC)cc5)cccc43)[CH]3CCCC[CH]32)cc1.Cl.Cl. The summed E-state index contributed by atoms with van der Waals surface area (Å²) < 4.78 is 3.58. The van der Waals surface area contributed by atoms with Gasteiger partial charge in [0.05, 0.1) is 0 Å². The average molecular weight is 965 g/mol. The number of hydrogen-bond acceptors (Lipinski definition) is 0. The van der Waals surface area contributed by atoms with Gasteiger partial charge in [0.15, 0.2) is 0 Å². The van der Waals surface area contributed by atoms with E-state index in [-0.39, 0.29) is 24.8 Å². The van der Waals surface area contributed by atoms with E-state index in [1.54, 1.807) is 22.3 Å². The van der Waals surface area contributed by atoms with Gasteiger partial charge in [-0.15, -0.1) is 24.8 Å². The molecule has 3 saturated carbocycles. The summed E-state index contributed by atoms with van der Waals surface area (Å²) in [6, 6.07) is 34.7. The Kier molecular flexibility index (Phi) is 13.0. The molecule has 0 aromatic heterocycles. The molecule has 300 valence electrons. The fraction of sp³-hybridized carbons (Fsp3) is 0.481. The Morgan fingerprint density at radius 1 is 0.456 bits per heavy atom. The minimum atomic E-state index is -3.37. The molecule has 0 amide bonds. The summed E-state index contributed by atoms with van der Waals surface area (Å²) in [4.78, 5) is 0. The van der Waals surface area contributed by atoms with E-state index in [0.29, 0.717) is 0 Å². The van der Waals surface area contributed by atoms with E-state index in [9.17, 15) is 0 Å². The Bertz CT molecular complexity index is 1930. The van der Waals surface area contributed by atoms with Crippen molar-refractivity contribution in [1.29, 1.82) is 0 Å². The third-order valence-corrected chi connectivity index (χ3v) is 40.5. The van der Waals surface area contributed by atoms with Crippen molar-refractivity contribution in [2.45, 2.75) is 144 Å². The topological polar surface area (TPSA) is 0 Å². The number of rotatable bonds is 10. The normalized spacial score (nSPS) is 26.6. The summed E-state index contributed by atoms with van der Waals surface area (Å²) in [5.41, 5.74) is 19.5. The number of hydrogen-bond donors (Lipinski definition) is 0. The number of halogens is 2. The molecule has 1 heterocycles. The van der Waals surface area contributed by atoms with Gasteiger partial charge in [-0.1, -0.05) is 0 Å². The van der Waals surface area contributed by atoms with Gasteiger partial charge >= 0.3 is 340 Å². The minimum Gasteiger partial charge on any atom is -0.147 e. The molecule has 3 heteroatoms. The largest absolute Gasteiger partial charge is 0.147 e. The van der Waals surface area contributed by atoms with Gasteiger partial charge in [0.2, 0.25) is 0 Å². The van der Waals surface area contributed by atoms with Crippen molar-refractivity contribution in [1.82, 2.24) is 0 Å². The van der Waals surface area contributed by atoms with E-state index in [2.05, 4.69) is 111 Å². The molecule has 4 fully saturated rings. The molecule has 0 nitrogen and oxygen atoms in total. The monoisotopic (exact) mass is 964 g/mol. The number of allylic oxidation sites excluding steroid dienone is 2. The van der Waals surface area contributed by atoms with Crippen LogP contribution in [0.4, 0.5) is 0 Å². The molecule has 4 unspecified atom stereocenters. The third kappa shape index (κ3) is 7.28. The van der Waals surface area contributed by atoms with Crippen molar-refractivity contribution < 1.29 is 20.0 Å². The van der Waals surface area contributed by atoms with E-state index in [4.69, 9.17) is 0 Å². The van der Waals surface area contributed by atoms with Crippen LogP contribution in [0.3, 0.4) is 0 Å². The Hall–Kier alpha value is -2.19. The van der Waals surface area contributed by atoms with Crippen molar-refractivity contribution in [2.75, 3.05) is 0 Å². The summed E-state index contributed by atoms with van der Waals surface area (Å²) >= 11 is -3.37. The Labute approximate surface area is 362 Å². The zero-order valence-corrected chi connectivity index (χ0v) is 40.0. The van der Waals surface area contributed by atoms with Crippen molar-refractivity contribution in [3.63, 3.8) is 0 Å². The molecular formula is C54H66Cl2Hf. The Balaban J connectivity index is 0.00000228. The maximum atomic E-state index is 2.87. The minimum absolute atomic E-state index is 0. The number of benzene rings is 4. The first kappa shape index (κ1) is 41.5. The van der Waals surface area contributed by atoms with Crippen LogP contribution in [0.2, 0.25) is 7.35 Å². The average Bonchev–Trinajstić information content (AvgIpc) is 3.49. The van der Waals surface area contributed by atoms with Crippen LogP contribution in [0, 0.1) is 11.8 Å². The molecule has 5 aliphatic carbocycles. The maximum absolute atomic E-state index is 3.37. The maximum Gasteiger partial charge on any atom is -0.147 e. The van der Waals surface area contributed by atoms with Gasteiger partial charge in [-0.05, 0) is 0 Å². The first-order valence-corrected chi connectivity index (χ1v) is 31.4. The number of fused-ring (bicyclic) bond motifs is 3. The Morgan fingerprint density at radius 3 is 1.23 bits per heavy atom. The second-order valence-electron chi connectivity index (χ2n) is 18.8. The van der Waals surface area contributed by atoms with Crippen LogP contribution in [0.1, 0.15) is 157 Å². The summed E-state index contributed by atoms with van der Waals surface area (Å²) in [5.74, 6) is 1.56. The van der Waals surface area contributed by atoms with E-state index in [0.717, 1.165) is 26.5 Å². The molecule has 1 saturated heterocycles. The summed E-state index contributed by atoms with van der Waals surface area (Å²) in [5, 5.41) is 0. The smallest absolute Gasteiger partial charge is 0.147 e. The summed E-state index contributed by atoms with van der Waals surface area (Å²) in [6.07, 6.45) is 30.7. The molecule has 6 aliphatic rings. The van der Waals surface area contributed by atoms with E-state index >= 15 is 0 Å². The molecule has 57 heavy (non-hydrogen) atoms. The molecule has 1 aliphatic heterocycles. The molecule has 10 rings (SSSR count). The fourth-order valence-corrected chi connectivity index (χ4v) is 49.2. The van der Waals surface area contributed by atoms with Gasteiger partial charge in [-0.25, -0.2) is 0 Å². The molecule has 0 radical (unpaired) electrons. The van der Waals surface area contributed by atoms with Crippen LogP contribution in [-0.4, -0.2) is 0 Å². The van der Waals surface area contributed by atoms with Crippen LogP contribution in [0.15, 0.2) is 96.1 Å². The van der Waals surface area contributed by atoms with E-state index in [1.165, 1.54) is 149 Å². The molecule has 4 aromatic carbocycles. The van der Waals surface area contributed by atoms with E-state index in [1.807, 2.05) is 11.1 Å². The first-order valence-electron chi connectivity index (χ1n) is 23.1. The van der Waals surface area contributed by atoms with Gasteiger partial charge in [-0.2, -0.15) is 0 Å². The molecular weight excluding hydrogens is 898 g/mol. The predicted molar refractivity (Wildman–Crippen MR) is 247 cm³/mol. The molecule has 4 aromatic rings. The van der Waals surface area contributed by atoms with Crippen LogP contribution in [-0.2, 0) is 32.8 Å². The van der Waals surface area contributed by atoms with Crippen molar-refractivity contribution in [3.8, 4) is 22.3 Å². The third-order valence-electron chi connectivity index (χ3n) is 15.9. The standard InChI is InChI=1S/2C24H27.C6H10.2ClH.Hf/c2*1-2-7-18-12-14-20(15-13-18)23-11-6-10-21-16-22(17-24(21)23)19-8-4-3-5-9-19;1-2-4-6-5-3-1;;;/h2*6,10-17,19H,2-5,7-9H2,1H3;1-2H,3-6H2;2*1H;. The van der Waals surface area contributed by atoms with Crippen molar-refractivity contribution in [2.24, 2.45) is 11.8 Å². The molecule has 4 atom stereocenters. The second-order valence-corrected chi connectivity index (χ2v) is 35.5. The van der Waals surface area contributed by atoms with Crippen LogP contribution in [0.25, 0.3) is 34.4 Å². The fourth-order valence-electron chi connectivity index (χ4n) is 13.6. The first-order chi connectivity index (χ1) is 27.2. The van der Waals surface area contributed by atoms with Crippen LogP contribution in [0.5, 0.6) is 0 Å². The predicted octanol–water partition coefficient (Wildman–Crippen LogP) is 16.8. The molecule has 0 spiro atoms. The van der Waals surface area contributed by atoms with Gasteiger partial charge in [-0.3, -0.25) is 0 Å².